The van der Waals surface area contributed by atoms with E-state index in [4.69, 9.17) is 14.2 Å². The van der Waals surface area contributed by atoms with Crippen LogP contribution >= 0.6 is 0 Å². The number of hydrogen-bond acceptors (Lipinski definition) is 4. The Balaban J connectivity index is 2.55. The van der Waals surface area contributed by atoms with Gasteiger partial charge >= 0.3 is 0 Å². The highest BCUT2D eigenvalue weighted by Crippen LogP contribution is 2.25. The Hall–Kier alpha value is -0.160. The highest BCUT2D eigenvalue weighted by atomic mass is 16.7. The second-order valence-corrected chi connectivity index (χ2v) is 5.00. The van der Waals surface area contributed by atoms with Gasteiger partial charge in [-0.15, -0.1) is 0 Å². The molecule has 0 aliphatic carbocycles. The van der Waals surface area contributed by atoms with Crippen molar-refractivity contribution in [2.45, 2.75) is 64.3 Å². The average Bonchev–Trinajstić information content (AvgIpc) is 2.08. The van der Waals surface area contributed by atoms with Gasteiger partial charge in [-0.2, -0.15) is 0 Å². The summed E-state index contributed by atoms with van der Waals surface area (Å²) in [7, 11) is 1.60. The molecule has 0 amide bonds. The van der Waals surface area contributed by atoms with Crippen LogP contribution in [0.15, 0.2) is 0 Å². The zero-order valence-electron chi connectivity index (χ0n) is 10.2. The van der Waals surface area contributed by atoms with Gasteiger partial charge in [0.25, 0.3) is 0 Å². The SMILES string of the molecule is CO[C@H]1C[C@H](OC(C)(C)C)O[C@@H](C)[C@@H]1O. The largest absolute Gasteiger partial charge is 0.388 e. The topological polar surface area (TPSA) is 47.9 Å². The zero-order valence-corrected chi connectivity index (χ0v) is 10.2. The molecule has 0 aromatic carbocycles. The van der Waals surface area contributed by atoms with Crippen molar-refractivity contribution < 1.29 is 19.3 Å². The number of methoxy groups -OCH3 is 1. The minimum Gasteiger partial charge on any atom is -0.388 e. The van der Waals surface area contributed by atoms with Gasteiger partial charge in [0, 0.05) is 13.5 Å². The molecule has 4 atom stereocenters. The molecule has 15 heavy (non-hydrogen) atoms. The molecule has 0 radical (unpaired) electrons. The Bertz CT molecular complexity index is 199. The number of ether oxygens (including phenoxy) is 3. The normalized spacial score (nSPS) is 38.0. The molecule has 1 saturated heterocycles. The lowest BCUT2D eigenvalue weighted by Gasteiger charge is -2.39. The van der Waals surface area contributed by atoms with E-state index < -0.39 is 6.10 Å². The lowest BCUT2D eigenvalue weighted by atomic mass is 10.0. The molecule has 1 N–H and O–H groups in total. The fourth-order valence-corrected chi connectivity index (χ4v) is 1.71. The molecule has 4 nitrogen and oxygen atoms in total. The number of aliphatic hydroxyl groups is 1. The lowest BCUT2D eigenvalue weighted by molar-refractivity contribution is -0.275. The summed E-state index contributed by atoms with van der Waals surface area (Å²) in [6.07, 6.45) is -0.764. The van der Waals surface area contributed by atoms with Gasteiger partial charge in [-0.25, -0.2) is 0 Å². The van der Waals surface area contributed by atoms with Gasteiger partial charge in [-0.05, 0) is 27.7 Å². The van der Waals surface area contributed by atoms with Crippen LogP contribution in [0, 0.1) is 0 Å². The third-order valence-electron chi connectivity index (χ3n) is 2.44. The van der Waals surface area contributed by atoms with Gasteiger partial charge in [0.15, 0.2) is 6.29 Å². The van der Waals surface area contributed by atoms with Gasteiger partial charge in [0.1, 0.15) is 6.10 Å². The van der Waals surface area contributed by atoms with Gasteiger partial charge in [0.2, 0.25) is 0 Å². The van der Waals surface area contributed by atoms with E-state index in [9.17, 15) is 5.11 Å². The molecular weight excluding hydrogens is 196 g/mol. The molecule has 1 heterocycles. The van der Waals surface area contributed by atoms with E-state index >= 15 is 0 Å². The number of rotatable bonds is 2. The fraction of sp³-hybridized carbons (Fsp3) is 1.00. The van der Waals surface area contributed by atoms with E-state index in [1.54, 1.807) is 7.11 Å². The lowest BCUT2D eigenvalue weighted by Crippen LogP contribution is -2.49. The minimum absolute atomic E-state index is 0.207. The average molecular weight is 218 g/mol. The molecule has 1 rings (SSSR count). The first kappa shape index (κ1) is 12.9. The third-order valence-corrected chi connectivity index (χ3v) is 2.44. The van der Waals surface area contributed by atoms with Crippen molar-refractivity contribution in [3.63, 3.8) is 0 Å². The Morgan fingerprint density at radius 2 is 1.93 bits per heavy atom. The molecule has 0 saturated carbocycles. The maximum absolute atomic E-state index is 9.75. The van der Waals surface area contributed by atoms with E-state index in [0.717, 1.165) is 0 Å². The standard InChI is InChI=1S/C11H22O4/c1-7-10(12)8(13-5)6-9(14-7)15-11(2,3)4/h7-10,12H,6H2,1-5H3/t7-,8-,9-,10-/m0/s1. The van der Waals surface area contributed by atoms with E-state index in [1.165, 1.54) is 0 Å². The molecule has 1 aliphatic heterocycles. The van der Waals surface area contributed by atoms with E-state index in [0.29, 0.717) is 6.42 Å². The summed E-state index contributed by atoms with van der Waals surface area (Å²) in [5.74, 6) is 0. The second kappa shape index (κ2) is 4.78. The van der Waals surface area contributed by atoms with Gasteiger partial charge in [0.05, 0.1) is 17.8 Å². The van der Waals surface area contributed by atoms with Crippen molar-refractivity contribution in [1.29, 1.82) is 0 Å². The summed E-state index contributed by atoms with van der Waals surface area (Å²) in [6, 6.07) is 0. The summed E-state index contributed by atoms with van der Waals surface area (Å²) < 4.78 is 16.5. The van der Waals surface area contributed by atoms with Crippen molar-refractivity contribution >= 4 is 0 Å². The predicted molar refractivity (Wildman–Crippen MR) is 56.6 cm³/mol. The quantitative estimate of drug-likeness (QED) is 0.759. The molecule has 0 unspecified atom stereocenters. The third kappa shape index (κ3) is 3.72. The summed E-state index contributed by atoms with van der Waals surface area (Å²) in [4.78, 5) is 0. The fourth-order valence-electron chi connectivity index (χ4n) is 1.71. The van der Waals surface area contributed by atoms with E-state index in [1.807, 2.05) is 27.7 Å². The molecule has 4 heteroatoms. The van der Waals surface area contributed by atoms with Crippen LogP contribution in [0.2, 0.25) is 0 Å². The predicted octanol–water partition coefficient (Wildman–Crippen LogP) is 1.31. The molecule has 0 aromatic heterocycles. The Kier molecular flexibility index (Phi) is 4.12. The molecular formula is C11H22O4. The van der Waals surface area contributed by atoms with Crippen LogP contribution in [0.5, 0.6) is 0 Å². The zero-order chi connectivity index (χ0) is 11.6. The van der Waals surface area contributed by atoms with Crippen LogP contribution in [0.1, 0.15) is 34.1 Å². The van der Waals surface area contributed by atoms with E-state index in [-0.39, 0.29) is 24.1 Å². The van der Waals surface area contributed by atoms with Gasteiger partial charge in [-0.1, -0.05) is 0 Å². The van der Waals surface area contributed by atoms with Crippen molar-refractivity contribution in [1.82, 2.24) is 0 Å². The van der Waals surface area contributed by atoms with Crippen molar-refractivity contribution in [3.8, 4) is 0 Å². The first-order valence-corrected chi connectivity index (χ1v) is 5.37. The van der Waals surface area contributed by atoms with Crippen molar-refractivity contribution in [2.24, 2.45) is 0 Å². The molecule has 0 spiro atoms. The Labute approximate surface area is 91.5 Å². The second-order valence-electron chi connectivity index (χ2n) is 5.00. The molecule has 1 aliphatic rings. The van der Waals surface area contributed by atoms with Crippen molar-refractivity contribution in [2.75, 3.05) is 7.11 Å². The highest BCUT2D eigenvalue weighted by Gasteiger charge is 2.37. The molecule has 1 fully saturated rings. The first-order valence-electron chi connectivity index (χ1n) is 5.37. The van der Waals surface area contributed by atoms with E-state index in [2.05, 4.69) is 0 Å². The van der Waals surface area contributed by atoms with Crippen LogP contribution < -0.4 is 0 Å². The summed E-state index contributed by atoms with van der Waals surface area (Å²) >= 11 is 0. The smallest absolute Gasteiger partial charge is 0.161 e. The maximum atomic E-state index is 9.75. The van der Waals surface area contributed by atoms with Crippen molar-refractivity contribution in [3.05, 3.63) is 0 Å². The van der Waals surface area contributed by atoms with Crippen LogP contribution in [0.25, 0.3) is 0 Å². The molecule has 90 valence electrons. The summed E-state index contributed by atoms with van der Waals surface area (Å²) in [5.41, 5.74) is -0.245. The van der Waals surface area contributed by atoms with Crippen LogP contribution in [-0.4, -0.2) is 42.4 Å². The highest BCUT2D eigenvalue weighted by molar-refractivity contribution is 4.82. The van der Waals surface area contributed by atoms with Gasteiger partial charge in [-0.3, -0.25) is 0 Å². The monoisotopic (exact) mass is 218 g/mol. The summed E-state index contributed by atoms with van der Waals surface area (Å²) in [6.45, 7) is 7.77. The van der Waals surface area contributed by atoms with Crippen LogP contribution in [-0.2, 0) is 14.2 Å². The van der Waals surface area contributed by atoms with Gasteiger partial charge < -0.3 is 19.3 Å². The summed E-state index contributed by atoms with van der Waals surface area (Å²) in [5, 5.41) is 9.75. The maximum Gasteiger partial charge on any atom is 0.161 e. The van der Waals surface area contributed by atoms with Crippen LogP contribution in [0.4, 0.5) is 0 Å². The molecule has 0 aromatic rings. The first-order chi connectivity index (χ1) is 6.83. The minimum atomic E-state index is -0.574. The molecule has 0 bridgehead atoms. The number of hydrogen-bond donors (Lipinski definition) is 1. The Morgan fingerprint density at radius 1 is 1.33 bits per heavy atom. The number of aliphatic hydroxyl groups excluding tert-OH is 1. The van der Waals surface area contributed by atoms with Crippen LogP contribution in [0.3, 0.4) is 0 Å². The Morgan fingerprint density at radius 3 is 2.40 bits per heavy atom.